The zero-order valence-electron chi connectivity index (χ0n) is 19.8. The Morgan fingerprint density at radius 2 is 1.79 bits per heavy atom. The number of rotatable bonds is 6. The van der Waals surface area contributed by atoms with Crippen molar-refractivity contribution in [1.82, 2.24) is 4.31 Å². The number of fused-ring (bicyclic) bond motifs is 1. The van der Waals surface area contributed by atoms with E-state index in [1.165, 1.54) is 51.9 Å². The predicted molar refractivity (Wildman–Crippen MR) is 131 cm³/mol. The van der Waals surface area contributed by atoms with E-state index in [0.29, 0.717) is 35.3 Å². The predicted octanol–water partition coefficient (Wildman–Crippen LogP) is 2.31. The molecule has 8 nitrogen and oxygen atoms in total. The van der Waals surface area contributed by atoms with Crippen LogP contribution in [0.5, 0.6) is 0 Å². The normalized spacial score (nSPS) is 19.0. The van der Waals surface area contributed by atoms with Crippen LogP contribution in [0.25, 0.3) is 0 Å². The lowest BCUT2D eigenvalue weighted by Gasteiger charge is -2.27. The van der Waals surface area contributed by atoms with Crippen molar-refractivity contribution in [3.05, 3.63) is 45.8 Å². The summed E-state index contributed by atoms with van der Waals surface area (Å²) in [6.45, 7) is 7.13. The number of nitrogens with one attached hydrogen (secondary N) is 2. The molecule has 2 aliphatic rings. The average molecular weight is 507 g/mol. The number of carbonyl (C=O) groups is 2. The van der Waals surface area contributed by atoms with Crippen LogP contribution in [0.2, 0.25) is 0 Å². The van der Waals surface area contributed by atoms with Crippen molar-refractivity contribution < 1.29 is 27.6 Å². The van der Waals surface area contributed by atoms with Crippen molar-refractivity contribution in [2.75, 3.05) is 32.1 Å². The fourth-order valence-corrected chi connectivity index (χ4v) is 7.41. The van der Waals surface area contributed by atoms with E-state index < -0.39 is 21.9 Å². The molecule has 2 N–H and O–H groups in total. The van der Waals surface area contributed by atoms with Crippen molar-refractivity contribution in [1.29, 1.82) is 0 Å². The summed E-state index contributed by atoms with van der Waals surface area (Å²) in [6, 6.07) is 6.45. The highest BCUT2D eigenvalue weighted by atomic mass is 32.2. The first-order valence-corrected chi connectivity index (χ1v) is 14.0. The van der Waals surface area contributed by atoms with E-state index in [0.717, 1.165) is 49.2 Å². The summed E-state index contributed by atoms with van der Waals surface area (Å²) < 4.78 is 32.3. The second-order valence-electron chi connectivity index (χ2n) is 9.13. The molecule has 1 unspecified atom stereocenters. The van der Waals surface area contributed by atoms with Crippen LogP contribution in [0, 0.1) is 0 Å². The Kier molecular flexibility index (Phi) is 7.42. The quantitative estimate of drug-likeness (QED) is 0.586. The maximum atomic E-state index is 13.0. The third kappa shape index (κ3) is 4.91. The van der Waals surface area contributed by atoms with Gasteiger partial charge in [-0.25, -0.2) is 13.2 Å². The number of carbonyl (C=O) groups excluding carboxylic acids is 2. The summed E-state index contributed by atoms with van der Waals surface area (Å²) in [5, 5.41) is 3.36. The lowest BCUT2D eigenvalue weighted by atomic mass is 10.0. The van der Waals surface area contributed by atoms with Crippen LogP contribution in [-0.4, -0.2) is 57.4 Å². The highest BCUT2D eigenvalue weighted by Gasteiger charge is 2.32. The minimum Gasteiger partial charge on any atom is -0.465 e. The first-order valence-electron chi connectivity index (χ1n) is 11.7. The third-order valence-corrected chi connectivity index (χ3v) is 9.74. The molecule has 0 aliphatic carbocycles. The largest absolute Gasteiger partial charge is 0.465 e. The summed E-state index contributed by atoms with van der Waals surface area (Å²) in [4.78, 5) is 28.3. The lowest BCUT2D eigenvalue weighted by molar-refractivity contribution is -0.936. The number of hydrogen-bond acceptors (Lipinski definition) is 6. The van der Waals surface area contributed by atoms with Crippen LogP contribution in [0.4, 0.5) is 5.00 Å². The minimum atomic E-state index is -3.56. The van der Waals surface area contributed by atoms with Gasteiger partial charge in [0.05, 0.1) is 35.0 Å². The number of quaternary nitrogens is 1. The molecule has 2 aromatic rings. The first-order chi connectivity index (χ1) is 16.2. The highest BCUT2D eigenvalue weighted by Crippen LogP contribution is 2.35. The van der Waals surface area contributed by atoms with Gasteiger partial charge in [0, 0.05) is 25.1 Å². The molecule has 0 saturated carbocycles. The second-order valence-corrected chi connectivity index (χ2v) is 12.2. The van der Waals surface area contributed by atoms with E-state index >= 15 is 0 Å². The van der Waals surface area contributed by atoms with Gasteiger partial charge in [-0.15, -0.1) is 11.3 Å². The van der Waals surface area contributed by atoms with E-state index in [9.17, 15) is 18.0 Å². The smallest absolute Gasteiger partial charge is 0.341 e. The van der Waals surface area contributed by atoms with Crippen LogP contribution in [0.15, 0.2) is 29.2 Å². The molecule has 184 valence electrons. The van der Waals surface area contributed by atoms with Gasteiger partial charge in [-0.2, -0.15) is 4.31 Å². The molecule has 10 heteroatoms. The van der Waals surface area contributed by atoms with E-state index in [-0.39, 0.29) is 4.90 Å². The van der Waals surface area contributed by atoms with Crippen LogP contribution < -0.4 is 10.2 Å². The Morgan fingerprint density at radius 3 is 2.41 bits per heavy atom. The summed E-state index contributed by atoms with van der Waals surface area (Å²) >= 11 is 1.42. The topological polar surface area (TPSA) is 97.2 Å². The van der Waals surface area contributed by atoms with Gasteiger partial charge in [-0.05, 0) is 56.5 Å². The minimum absolute atomic E-state index is 0.185. The standard InChI is InChI=1S/C24H31N3O5S2/c1-16(2)26-14-11-19-20(15-26)33-23(21(19)24(29)32-3)25-22(28)17-7-9-18(10-8-17)34(30,31)27-12-5-4-6-13-27/h7-10,16H,4-6,11-15H2,1-3H3,(H,25,28)/p+1. The maximum Gasteiger partial charge on any atom is 0.341 e. The zero-order valence-corrected chi connectivity index (χ0v) is 21.5. The van der Waals surface area contributed by atoms with Gasteiger partial charge in [-0.1, -0.05) is 6.42 Å². The molecule has 4 rings (SSSR count). The Morgan fingerprint density at radius 1 is 1.12 bits per heavy atom. The fraction of sp³-hybridized carbons (Fsp3) is 0.500. The van der Waals surface area contributed by atoms with Gasteiger partial charge in [0.25, 0.3) is 5.91 Å². The summed E-state index contributed by atoms with van der Waals surface area (Å²) in [6.07, 6.45) is 3.53. The van der Waals surface area contributed by atoms with Crippen LogP contribution >= 0.6 is 11.3 Å². The van der Waals surface area contributed by atoms with Gasteiger partial charge < -0.3 is 15.0 Å². The van der Waals surface area contributed by atoms with Crippen LogP contribution in [0.1, 0.15) is 64.3 Å². The van der Waals surface area contributed by atoms with Crippen LogP contribution in [0.3, 0.4) is 0 Å². The van der Waals surface area contributed by atoms with E-state index in [4.69, 9.17) is 4.74 Å². The molecule has 3 heterocycles. The number of piperidine rings is 1. The molecule has 1 saturated heterocycles. The summed E-state index contributed by atoms with van der Waals surface area (Å²) in [5.74, 6) is -0.845. The van der Waals surface area contributed by atoms with Crippen molar-refractivity contribution >= 4 is 38.2 Å². The molecule has 0 radical (unpaired) electrons. The average Bonchev–Trinajstić information content (AvgIpc) is 3.21. The number of esters is 1. The number of thiophene rings is 1. The third-order valence-electron chi connectivity index (χ3n) is 6.68. The number of amides is 1. The summed E-state index contributed by atoms with van der Waals surface area (Å²) in [7, 11) is -2.22. The maximum absolute atomic E-state index is 13.0. The molecule has 2 aliphatic heterocycles. The molecular formula is C24H32N3O5S2+. The van der Waals surface area contributed by atoms with E-state index in [1.54, 1.807) is 0 Å². The molecule has 1 aromatic carbocycles. The molecule has 1 aromatic heterocycles. The Hall–Kier alpha value is -2.27. The van der Waals surface area contributed by atoms with E-state index in [1.807, 2.05) is 0 Å². The Labute approximate surface area is 204 Å². The van der Waals surface area contributed by atoms with Gasteiger partial charge in [0.1, 0.15) is 11.5 Å². The van der Waals surface area contributed by atoms with Gasteiger partial charge in [-0.3, -0.25) is 4.79 Å². The lowest BCUT2D eigenvalue weighted by Crippen LogP contribution is -3.14. The number of nitrogens with zero attached hydrogens (tertiary/aromatic N) is 1. The molecule has 1 atom stereocenters. The Bertz CT molecular complexity index is 1170. The van der Waals surface area contributed by atoms with Gasteiger partial charge in [0.2, 0.25) is 10.0 Å². The molecule has 0 bridgehead atoms. The number of sulfonamides is 1. The second kappa shape index (κ2) is 10.2. The Balaban J connectivity index is 1.55. The molecule has 34 heavy (non-hydrogen) atoms. The number of benzene rings is 1. The number of methoxy groups -OCH3 is 1. The molecule has 0 spiro atoms. The van der Waals surface area contributed by atoms with Gasteiger partial charge in [0.15, 0.2) is 0 Å². The fourth-order valence-electron chi connectivity index (χ4n) is 4.61. The number of anilines is 1. The number of ether oxygens (including phenoxy) is 1. The number of hydrogen-bond donors (Lipinski definition) is 2. The SMILES string of the molecule is COC(=O)c1c(NC(=O)c2ccc(S(=O)(=O)N3CCCCC3)cc2)sc2c1CC[NH+](C(C)C)C2. The molecular weight excluding hydrogens is 474 g/mol. The van der Waals surface area contributed by atoms with Gasteiger partial charge >= 0.3 is 5.97 Å². The monoisotopic (exact) mass is 506 g/mol. The van der Waals surface area contributed by atoms with Crippen LogP contribution in [-0.2, 0) is 27.7 Å². The molecule has 1 fully saturated rings. The van der Waals surface area contributed by atoms with Crippen molar-refractivity contribution in [3.63, 3.8) is 0 Å². The van der Waals surface area contributed by atoms with E-state index in [2.05, 4.69) is 19.2 Å². The zero-order chi connectivity index (χ0) is 24.5. The van der Waals surface area contributed by atoms with Crippen molar-refractivity contribution in [3.8, 4) is 0 Å². The van der Waals surface area contributed by atoms with Crippen molar-refractivity contribution in [2.45, 2.75) is 57.0 Å². The molecule has 1 amide bonds. The first kappa shape index (κ1) is 24.8. The van der Waals surface area contributed by atoms with Crippen molar-refractivity contribution in [2.24, 2.45) is 0 Å². The highest BCUT2D eigenvalue weighted by molar-refractivity contribution is 7.89. The summed E-state index contributed by atoms with van der Waals surface area (Å²) in [5.41, 5.74) is 1.72.